The standard InChI is InChI=1S/C24H40INO2S/c1-7-9-13-24(29)22(6)28-21(5)16-17-26(25)20(4)12-10-11-19(3)14-15-23(8-2)18-27/h7-9,13-15,20-22,27,29H,2,10-12,16-18H2,1,3-6H3/b9-7-,19-14+,23-15+,24-13+. The summed E-state index contributed by atoms with van der Waals surface area (Å²) in [5.74, 6) is 0. The fourth-order valence-corrected chi connectivity index (χ4v) is 3.38. The summed E-state index contributed by atoms with van der Waals surface area (Å²) in [6.45, 7) is 15.3. The molecule has 29 heavy (non-hydrogen) atoms. The van der Waals surface area contributed by atoms with Crippen LogP contribution < -0.4 is 0 Å². The Bertz CT molecular complexity index is 583. The first kappa shape index (κ1) is 28.7. The van der Waals surface area contributed by atoms with Crippen molar-refractivity contribution >= 4 is 35.5 Å². The van der Waals surface area contributed by atoms with Gasteiger partial charge in [0.1, 0.15) is 0 Å². The van der Waals surface area contributed by atoms with E-state index in [1.165, 1.54) is 5.57 Å². The number of ether oxygens (including phenoxy) is 1. The Balaban J connectivity index is 4.24. The van der Waals surface area contributed by atoms with E-state index < -0.39 is 0 Å². The highest BCUT2D eigenvalue weighted by Crippen LogP contribution is 2.19. The summed E-state index contributed by atoms with van der Waals surface area (Å²) in [4.78, 5) is 0.951. The summed E-state index contributed by atoms with van der Waals surface area (Å²) in [6.07, 6.45) is 16.3. The summed E-state index contributed by atoms with van der Waals surface area (Å²) < 4.78 is 8.46. The Kier molecular flexibility index (Phi) is 17.1. The van der Waals surface area contributed by atoms with Crippen molar-refractivity contribution in [3.05, 3.63) is 59.1 Å². The number of nitrogens with zero attached hydrogens (tertiary/aromatic N) is 1. The molecule has 3 unspecified atom stereocenters. The second kappa shape index (κ2) is 17.4. The topological polar surface area (TPSA) is 32.7 Å². The van der Waals surface area contributed by atoms with E-state index in [4.69, 9.17) is 9.84 Å². The molecule has 0 saturated heterocycles. The van der Waals surface area contributed by atoms with Crippen LogP contribution in [-0.4, -0.2) is 39.6 Å². The molecule has 0 spiro atoms. The summed E-state index contributed by atoms with van der Waals surface area (Å²) in [7, 11) is 0. The summed E-state index contributed by atoms with van der Waals surface area (Å²) >= 11 is 6.95. The third-order valence-corrected chi connectivity index (χ3v) is 6.71. The number of halogens is 1. The van der Waals surface area contributed by atoms with Gasteiger partial charge in [0.25, 0.3) is 0 Å². The highest BCUT2D eigenvalue weighted by molar-refractivity contribution is 14.1. The van der Waals surface area contributed by atoms with Crippen LogP contribution in [0.25, 0.3) is 0 Å². The van der Waals surface area contributed by atoms with E-state index in [0.717, 1.165) is 42.7 Å². The van der Waals surface area contributed by atoms with Crippen molar-refractivity contribution in [2.75, 3.05) is 13.2 Å². The molecule has 0 rings (SSSR count). The van der Waals surface area contributed by atoms with Crippen LogP contribution in [0.1, 0.15) is 60.3 Å². The zero-order valence-electron chi connectivity index (χ0n) is 18.8. The van der Waals surface area contributed by atoms with Crippen molar-refractivity contribution in [2.24, 2.45) is 0 Å². The zero-order chi connectivity index (χ0) is 22.2. The number of aliphatic hydroxyl groups excluding tert-OH is 1. The van der Waals surface area contributed by atoms with Gasteiger partial charge in [0.05, 0.1) is 18.8 Å². The molecule has 0 aromatic heterocycles. The van der Waals surface area contributed by atoms with Crippen LogP contribution in [0.5, 0.6) is 0 Å². The Hall–Kier alpha value is -0.340. The molecule has 0 aromatic rings. The lowest BCUT2D eigenvalue weighted by Crippen LogP contribution is -2.28. The first-order valence-electron chi connectivity index (χ1n) is 10.4. The molecule has 0 saturated carbocycles. The minimum atomic E-state index is 0.0147. The maximum Gasteiger partial charge on any atom is 0.0856 e. The van der Waals surface area contributed by atoms with Gasteiger partial charge in [-0.25, -0.2) is 3.11 Å². The smallest absolute Gasteiger partial charge is 0.0856 e. The molecule has 5 heteroatoms. The molecule has 0 aliphatic carbocycles. The maximum absolute atomic E-state index is 9.15. The minimum absolute atomic E-state index is 0.0147. The van der Waals surface area contributed by atoms with Crippen molar-refractivity contribution < 1.29 is 9.84 Å². The van der Waals surface area contributed by atoms with Gasteiger partial charge < -0.3 is 9.84 Å². The van der Waals surface area contributed by atoms with Gasteiger partial charge in [-0.3, -0.25) is 0 Å². The molecule has 0 aliphatic rings. The lowest BCUT2D eigenvalue weighted by molar-refractivity contribution is 0.0252. The maximum atomic E-state index is 9.15. The van der Waals surface area contributed by atoms with Gasteiger partial charge in [-0.15, -0.1) is 12.6 Å². The van der Waals surface area contributed by atoms with Gasteiger partial charge in [0.2, 0.25) is 0 Å². The molecule has 0 heterocycles. The fraction of sp³-hybridized carbons (Fsp3) is 0.583. The van der Waals surface area contributed by atoms with Crippen LogP contribution in [-0.2, 0) is 4.74 Å². The quantitative estimate of drug-likeness (QED) is 0.105. The van der Waals surface area contributed by atoms with Gasteiger partial charge in [-0.2, -0.15) is 0 Å². The number of thiol groups is 1. The minimum Gasteiger partial charge on any atom is -0.392 e. The van der Waals surface area contributed by atoms with Crippen LogP contribution >= 0.6 is 35.5 Å². The van der Waals surface area contributed by atoms with Crippen LogP contribution in [0.2, 0.25) is 0 Å². The van der Waals surface area contributed by atoms with Crippen LogP contribution in [0, 0.1) is 0 Å². The second-order valence-electron chi connectivity index (χ2n) is 7.48. The third kappa shape index (κ3) is 14.3. The summed E-state index contributed by atoms with van der Waals surface area (Å²) in [5, 5.41) is 9.15. The average Bonchev–Trinajstić information content (AvgIpc) is 2.70. The molecular formula is C24H40INO2S. The Morgan fingerprint density at radius 1 is 1.21 bits per heavy atom. The molecule has 0 radical (unpaired) electrons. The summed E-state index contributed by atoms with van der Waals surface area (Å²) in [6, 6.07) is 0.528. The van der Waals surface area contributed by atoms with Crippen LogP contribution in [0.3, 0.4) is 0 Å². The molecule has 0 bridgehead atoms. The van der Waals surface area contributed by atoms with E-state index >= 15 is 0 Å². The number of aliphatic hydroxyl groups is 1. The van der Waals surface area contributed by atoms with E-state index in [9.17, 15) is 0 Å². The lowest BCUT2D eigenvalue weighted by Gasteiger charge is -2.25. The summed E-state index contributed by atoms with van der Waals surface area (Å²) in [5.41, 5.74) is 2.18. The lowest BCUT2D eigenvalue weighted by atomic mass is 10.1. The molecular weight excluding hydrogens is 493 g/mol. The molecule has 3 nitrogen and oxygen atoms in total. The van der Waals surface area contributed by atoms with Crippen molar-refractivity contribution in [1.82, 2.24) is 3.11 Å². The Labute approximate surface area is 198 Å². The SMILES string of the molecule is C=C/C(=C\C=C(/C)CCCC(C)N(I)CCC(C)OC(C)/C(S)=C\C=C/C)CO. The Morgan fingerprint density at radius 2 is 1.90 bits per heavy atom. The largest absolute Gasteiger partial charge is 0.392 e. The van der Waals surface area contributed by atoms with Crippen molar-refractivity contribution in [1.29, 1.82) is 0 Å². The normalized spacial score (nSPS) is 17.1. The Morgan fingerprint density at radius 3 is 2.48 bits per heavy atom. The van der Waals surface area contributed by atoms with Crippen LogP contribution in [0.4, 0.5) is 0 Å². The molecule has 0 amide bonds. The van der Waals surface area contributed by atoms with E-state index in [2.05, 4.69) is 72.0 Å². The number of rotatable bonds is 15. The van der Waals surface area contributed by atoms with E-state index in [1.54, 1.807) is 6.08 Å². The number of allylic oxidation sites excluding steroid dienone is 6. The highest BCUT2D eigenvalue weighted by Gasteiger charge is 2.15. The fourth-order valence-electron chi connectivity index (χ4n) is 2.68. The predicted octanol–water partition coefficient (Wildman–Crippen LogP) is 6.82. The molecule has 1 N–H and O–H groups in total. The van der Waals surface area contributed by atoms with Gasteiger partial charge in [-0.1, -0.05) is 48.6 Å². The van der Waals surface area contributed by atoms with Crippen LogP contribution in [0.15, 0.2) is 59.1 Å². The molecule has 0 aliphatic heterocycles. The zero-order valence-corrected chi connectivity index (χ0v) is 21.8. The van der Waals surface area contributed by atoms with Gasteiger partial charge in [-0.05, 0) is 65.9 Å². The highest BCUT2D eigenvalue weighted by atomic mass is 127. The van der Waals surface area contributed by atoms with E-state index in [1.807, 2.05) is 38.2 Å². The van der Waals surface area contributed by atoms with Crippen molar-refractivity contribution in [2.45, 2.75) is 78.6 Å². The van der Waals surface area contributed by atoms with E-state index in [0.29, 0.717) is 6.04 Å². The van der Waals surface area contributed by atoms with Gasteiger partial charge in [0, 0.05) is 40.4 Å². The van der Waals surface area contributed by atoms with Crippen molar-refractivity contribution in [3.63, 3.8) is 0 Å². The third-order valence-electron chi connectivity index (χ3n) is 4.76. The van der Waals surface area contributed by atoms with Gasteiger partial charge >= 0.3 is 0 Å². The van der Waals surface area contributed by atoms with Gasteiger partial charge in [0.15, 0.2) is 0 Å². The predicted molar refractivity (Wildman–Crippen MR) is 140 cm³/mol. The first-order chi connectivity index (χ1) is 13.7. The number of hydrogen-bond donors (Lipinski definition) is 2. The molecule has 0 fully saturated rings. The first-order valence-corrected chi connectivity index (χ1v) is 11.9. The molecule has 3 atom stereocenters. The van der Waals surface area contributed by atoms with E-state index in [-0.39, 0.29) is 18.8 Å². The molecule has 166 valence electrons. The van der Waals surface area contributed by atoms with Crippen molar-refractivity contribution in [3.8, 4) is 0 Å². The number of hydrogen-bond acceptors (Lipinski definition) is 4. The average molecular weight is 534 g/mol. The monoisotopic (exact) mass is 533 g/mol. The second-order valence-corrected chi connectivity index (χ2v) is 9.23. The molecule has 0 aromatic carbocycles.